The molecule has 2 aromatic carbocycles. The number of carbonyl (C=O) groups excluding carboxylic acids is 1. The summed E-state index contributed by atoms with van der Waals surface area (Å²) in [4.78, 5) is 12.1. The normalized spacial score (nSPS) is 10.3. The molecule has 6 heteroatoms. The van der Waals surface area contributed by atoms with Gasteiger partial charge in [0.2, 0.25) is 5.91 Å². The monoisotopic (exact) mass is 353 g/mol. The fourth-order valence-corrected chi connectivity index (χ4v) is 2.44. The number of carbonyl (C=O) groups is 1. The Bertz CT molecular complexity index is 687. The van der Waals surface area contributed by atoms with E-state index in [9.17, 15) is 4.79 Å². The van der Waals surface area contributed by atoms with Crippen LogP contribution in [0.25, 0.3) is 0 Å². The van der Waals surface area contributed by atoms with Gasteiger partial charge in [0, 0.05) is 23.6 Å². The number of hydrogen-bond acceptors (Lipinski definition) is 3. The summed E-state index contributed by atoms with van der Waals surface area (Å²) in [6, 6.07) is 10.7. The first-order valence-corrected chi connectivity index (χ1v) is 7.75. The van der Waals surface area contributed by atoms with Crippen molar-refractivity contribution in [2.45, 2.75) is 12.8 Å². The Hall–Kier alpha value is -1.91. The second-order valence-electron chi connectivity index (χ2n) is 4.86. The Kier molecular flexibility index (Phi) is 6.13. The molecule has 2 rings (SSSR count). The van der Waals surface area contributed by atoms with Crippen LogP contribution < -0.4 is 14.8 Å². The minimum atomic E-state index is -0.123. The Balaban J connectivity index is 2.03. The molecule has 1 amide bonds. The molecule has 0 atom stereocenters. The van der Waals surface area contributed by atoms with Gasteiger partial charge in [-0.2, -0.15) is 0 Å². The summed E-state index contributed by atoms with van der Waals surface area (Å²) in [5, 5.41) is 3.91. The predicted molar refractivity (Wildman–Crippen MR) is 93.0 cm³/mol. The largest absolute Gasteiger partial charge is 0.495 e. The van der Waals surface area contributed by atoms with Crippen molar-refractivity contribution in [3.05, 3.63) is 52.0 Å². The lowest BCUT2D eigenvalue weighted by Gasteiger charge is -2.13. The Labute approximate surface area is 145 Å². The number of aryl methyl sites for hydroxylation is 1. The lowest BCUT2D eigenvalue weighted by Crippen LogP contribution is -2.13. The number of ether oxygens (including phenoxy) is 2. The van der Waals surface area contributed by atoms with Crippen LogP contribution in [0.1, 0.15) is 12.0 Å². The fraction of sp³-hybridized carbons (Fsp3) is 0.235. The van der Waals surface area contributed by atoms with E-state index in [1.165, 1.54) is 14.2 Å². The summed E-state index contributed by atoms with van der Waals surface area (Å²) < 4.78 is 10.4. The van der Waals surface area contributed by atoms with E-state index < -0.39 is 0 Å². The molecule has 0 saturated carbocycles. The zero-order valence-electron chi connectivity index (χ0n) is 12.9. The van der Waals surface area contributed by atoms with Gasteiger partial charge in [-0.05, 0) is 24.1 Å². The highest BCUT2D eigenvalue weighted by molar-refractivity contribution is 6.32. The first-order valence-electron chi connectivity index (χ1n) is 6.99. The Morgan fingerprint density at radius 1 is 1.04 bits per heavy atom. The number of methoxy groups -OCH3 is 2. The highest BCUT2D eigenvalue weighted by atomic mass is 35.5. The summed E-state index contributed by atoms with van der Waals surface area (Å²) in [5.41, 5.74) is 1.57. The van der Waals surface area contributed by atoms with Crippen molar-refractivity contribution < 1.29 is 14.3 Å². The molecule has 0 unspecified atom stereocenters. The van der Waals surface area contributed by atoms with Gasteiger partial charge in [-0.1, -0.05) is 35.3 Å². The van der Waals surface area contributed by atoms with Crippen molar-refractivity contribution in [3.63, 3.8) is 0 Å². The number of amides is 1. The van der Waals surface area contributed by atoms with Crippen molar-refractivity contribution >= 4 is 34.8 Å². The van der Waals surface area contributed by atoms with Gasteiger partial charge in [0.25, 0.3) is 0 Å². The molecule has 0 heterocycles. The number of benzene rings is 2. The minimum absolute atomic E-state index is 0.123. The highest BCUT2D eigenvalue weighted by Crippen LogP contribution is 2.35. The zero-order valence-corrected chi connectivity index (χ0v) is 14.4. The summed E-state index contributed by atoms with van der Waals surface area (Å²) in [6.07, 6.45) is 0.964. The minimum Gasteiger partial charge on any atom is -0.495 e. The summed E-state index contributed by atoms with van der Waals surface area (Å²) in [7, 11) is 3.03. The average Bonchev–Trinajstić information content (AvgIpc) is 2.55. The number of rotatable bonds is 6. The lowest BCUT2D eigenvalue weighted by molar-refractivity contribution is -0.116. The van der Waals surface area contributed by atoms with Crippen LogP contribution in [0, 0.1) is 0 Å². The van der Waals surface area contributed by atoms with Gasteiger partial charge in [0.15, 0.2) is 0 Å². The van der Waals surface area contributed by atoms with E-state index in [-0.39, 0.29) is 5.91 Å². The second-order valence-corrected chi connectivity index (χ2v) is 5.71. The molecule has 0 fully saturated rings. The molecule has 0 spiro atoms. The molecule has 0 aliphatic heterocycles. The van der Waals surface area contributed by atoms with Crippen LogP contribution in [0.3, 0.4) is 0 Å². The third kappa shape index (κ3) is 4.78. The predicted octanol–water partition coefficient (Wildman–Crippen LogP) is 4.58. The molecular formula is C17H17Cl2NO3. The molecule has 0 aliphatic carbocycles. The maximum Gasteiger partial charge on any atom is 0.224 e. The Morgan fingerprint density at radius 2 is 1.70 bits per heavy atom. The summed E-state index contributed by atoms with van der Waals surface area (Å²) in [6.45, 7) is 0. The van der Waals surface area contributed by atoms with Crippen LogP contribution in [0.15, 0.2) is 36.4 Å². The van der Waals surface area contributed by atoms with Crippen LogP contribution in [-0.2, 0) is 11.2 Å². The van der Waals surface area contributed by atoms with Crippen molar-refractivity contribution in [1.82, 2.24) is 0 Å². The molecule has 23 heavy (non-hydrogen) atoms. The molecular weight excluding hydrogens is 337 g/mol. The third-order valence-corrected chi connectivity index (χ3v) is 3.85. The van der Waals surface area contributed by atoms with E-state index in [4.69, 9.17) is 32.7 Å². The standard InChI is InChI=1S/C17H17Cl2NO3/c1-22-15-10-14(16(23-2)9-13(15)19)20-17(21)8-5-11-3-6-12(18)7-4-11/h3-4,6-7,9-10H,5,8H2,1-2H3,(H,20,21). The van der Waals surface area contributed by atoms with E-state index >= 15 is 0 Å². The summed E-state index contributed by atoms with van der Waals surface area (Å²) in [5.74, 6) is 0.832. The smallest absolute Gasteiger partial charge is 0.224 e. The van der Waals surface area contributed by atoms with Gasteiger partial charge in [0.05, 0.1) is 24.9 Å². The molecule has 4 nitrogen and oxygen atoms in total. The highest BCUT2D eigenvalue weighted by Gasteiger charge is 2.12. The molecule has 2 aromatic rings. The van der Waals surface area contributed by atoms with Gasteiger partial charge < -0.3 is 14.8 Å². The molecule has 122 valence electrons. The van der Waals surface area contributed by atoms with Gasteiger partial charge in [-0.25, -0.2) is 0 Å². The van der Waals surface area contributed by atoms with Crippen LogP contribution in [0.5, 0.6) is 11.5 Å². The van der Waals surface area contributed by atoms with Gasteiger partial charge >= 0.3 is 0 Å². The van der Waals surface area contributed by atoms with Crippen LogP contribution >= 0.6 is 23.2 Å². The maximum absolute atomic E-state index is 12.1. The van der Waals surface area contributed by atoms with Gasteiger partial charge in [-0.3, -0.25) is 4.79 Å². The molecule has 0 bridgehead atoms. The quantitative estimate of drug-likeness (QED) is 0.826. The summed E-state index contributed by atoms with van der Waals surface area (Å²) >= 11 is 11.9. The van der Waals surface area contributed by atoms with E-state index in [0.29, 0.717) is 40.1 Å². The second kappa shape index (κ2) is 8.09. The average molecular weight is 354 g/mol. The third-order valence-electron chi connectivity index (χ3n) is 3.30. The van der Waals surface area contributed by atoms with E-state index in [1.807, 2.05) is 24.3 Å². The van der Waals surface area contributed by atoms with E-state index in [2.05, 4.69) is 5.32 Å². The molecule has 1 N–H and O–H groups in total. The van der Waals surface area contributed by atoms with Gasteiger partial charge in [-0.15, -0.1) is 0 Å². The van der Waals surface area contributed by atoms with Crippen molar-refractivity contribution in [3.8, 4) is 11.5 Å². The topological polar surface area (TPSA) is 47.6 Å². The molecule has 0 aromatic heterocycles. The van der Waals surface area contributed by atoms with E-state index in [0.717, 1.165) is 5.56 Å². The number of hydrogen-bond donors (Lipinski definition) is 1. The molecule has 0 radical (unpaired) electrons. The van der Waals surface area contributed by atoms with Crippen LogP contribution in [-0.4, -0.2) is 20.1 Å². The molecule has 0 aliphatic rings. The van der Waals surface area contributed by atoms with Gasteiger partial charge in [0.1, 0.15) is 11.5 Å². The van der Waals surface area contributed by atoms with Crippen LogP contribution in [0.2, 0.25) is 10.0 Å². The van der Waals surface area contributed by atoms with Crippen LogP contribution in [0.4, 0.5) is 5.69 Å². The lowest BCUT2D eigenvalue weighted by atomic mass is 10.1. The molecule has 0 saturated heterocycles. The number of halogens is 2. The first-order chi connectivity index (χ1) is 11.0. The van der Waals surface area contributed by atoms with Crippen molar-refractivity contribution in [2.24, 2.45) is 0 Å². The van der Waals surface area contributed by atoms with E-state index in [1.54, 1.807) is 12.1 Å². The first kappa shape index (κ1) is 17.4. The van der Waals surface area contributed by atoms with Crippen molar-refractivity contribution in [1.29, 1.82) is 0 Å². The number of anilines is 1. The Morgan fingerprint density at radius 3 is 2.30 bits per heavy atom. The maximum atomic E-state index is 12.1. The van der Waals surface area contributed by atoms with Crippen molar-refractivity contribution in [2.75, 3.05) is 19.5 Å². The fourth-order valence-electron chi connectivity index (χ4n) is 2.08. The SMILES string of the molecule is COc1cc(NC(=O)CCc2ccc(Cl)cc2)c(OC)cc1Cl. The zero-order chi connectivity index (χ0) is 16.8. The number of nitrogens with one attached hydrogen (secondary N) is 1.